The standard InChI is InChI=1S/2C18H21N5O.C17H17N5O2.C12H7ClN4.C5H8F3NO2/c2*1-17(2,18(3,4)24)23-16-13-7-10-20-11-14(13)21-15(22-16)12-5-8-19-9-6-12;1-17(2,16(23)24-3)22-15-12-6-9-19-10-13(12)20-14(21-15)11-4-7-18-8-5-11;13-11-9-3-6-15-7-10(9)16-12(17-11)8-1-4-14-5-2-8;1-4(9,3(10)11-2)5(6,7)8/h2*5-11,24H,1-4H3,(H,21,22,23);4-10H,1-3H3,(H,20,21,22);1-7H;9H2,1-2H3. The number of nitrogens with two attached hydrogens (primary N) is 1. The number of carbonyl (C=O) groups excluding carboxylic acids is 2. The monoisotopic (exact) mass is 1380 g/mol. The van der Waals surface area contributed by atoms with Crippen molar-refractivity contribution in [2.45, 2.75) is 116 Å². The van der Waals surface area contributed by atoms with Gasteiger partial charge in [-0.2, -0.15) is 13.2 Å². The number of hydrogen-bond donors (Lipinski definition) is 6. The number of hydrogen-bond acceptors (Lipinski definition) is 26. The normalized spacial score (nSPS) is 12.4. The highest BCUT2D eigenvalue weighted by Crippen LogP contribution is 2.34. The highest BCUT2D eigenvalue weighted by molar-refractivity contribution is 6.34. The van der Waals surface area contributed by atoms with Crippen LogP contribution in [0, 0.1) is 0 Å². The second-order valence-electron chi connectivity index (χ2n) is 25.1. The van der Waals surface area contributed by atoms with E-state index in [0.717, 1.165) is 67.5 Å². The molecule has 100 heavy (non-hydrogen) atoms. The molecule has 30 heteroatoms. The van der Waals surface area contributed by atoms with E-state index in [1.54, 1.807) is 153 Å². The van der Waals surface area contributed by atoms with E-state index >= 15 is 0 Å². The summed E-state index contributed by atoms with van der Waals surface area (Å²) >= 11 is 6.12. The molecule has 12 aromatic heterocycles. The lowest BCUT2D eigenvalue weighted by atomic mass is 9.86. The van der Waals surface area contributed by atoms with E-state index in [0.29, 0.717) is 58.3 Å². The number of pyridine rings is 8. The number of esters is 2. The number of aromatic nitrogens is 16. The summed E-state index contributed by atoms with van der Waals surface area (Å²) in [5.74, 6) is 2.30. The summed E-state index contributed by atoms with van der Waals surface area (Å²) in [5.41, 5.74) is 4.11. The Labute approximate surface area is 578 Å². The van der Waals surface area contributed by atoms with Gasteiger partial charge in [0.1, 0.15) is 28.1 Å². The zero-order valence-corrected chi connectivity index (χ0v) is 57.7. The van der Waals surface area contributed by atoms with Gasteiger partial charge >= 0.3 is 18.1 Å². The smallest absolute Gasteiger partial charge is 0.416 e. The Morgan fingerprint density at radius 2 is 0.650 bits per heavy atom. The quantitative estimate of drug-likeness (QED) is 0.0435. The molecule has 0 saturated heterocycles. The van der Waals surface area contributed by atoms with Gasteiger partial charge in [0, 0.05) is 118 Å². The lowest BCUT2D eigenvalue weighted by molar-refractivity contribution is -0.200. The molecule has 0 aliphatic carbocycles. The first-order valence-corrected chi connectivity index (χ1v) is 31.1. The van der Waals surface area contributed by atoms with Crippen LogP contribution in [0.5, 0.6) is 0 Å². The third-order valence-electron chi connectivity index (χ3n) is 16.0. The number of anilines is 3. The molecule has 0 aromatic carbocycles. The van der Waals surface area contributed by atoms with Crippen molar-refractivity contribution in [3.63, 3.8) is 0 Å². The minimum absolute atomic E-state index is 0.381. The Bertz CT molecular complexity index is 4620. The second kappa shape index (κ2) is 31.2. The summed E-state index contributed by atoms with van der Waals surface area (Å²) in [4.78, 5) is 91.2. The number of alkyl halides is 3. The van der Waals surface area contributed by atoms with Crippen LogP contribution in [0.15, 0.2) is 172 Å². The summed E-state index contributed by atoms with van der Waals surface area (Å²) in [7, 11) is 2.20. The predicted molar refractivity (Wildman–Crippen MR) is 376 cm³/mol. The van der Waals surface area contributed by atoms with Crippen LogP contribution < -0.4 is 21.7 Å². The third kappa shape index (κ3) is 18.3. The van der Waals surface area contributed by atoms with Gasteiger partial charge < -0.3 is 41.4 Å². The zero-order chi connectivity index (χ0) is 72.8. The maximum absolute atomic E-state index is 12.0. The van der Waals surface area contributed by atoms with Crippen LogP contribution in [-0.2, 0) is 19.1 Å². The summed E-state index contributed by atoms with van der Waals surface area (Å²) in [6.07, 6.45) is 22.3. The fourth-order valence-electron chi connectivity index (χ4n) is 8.52. The molecule has 12 rings (SSSR count). The van der Waals surface area contributed by atoms with E-state index in [-0.39, 0.29) is 5.97 Å². The van der Waals surface area contributed by atoms with Crippen molar-refractivity contribution in [3.8, 4) is 45.6 Å². The van der Waals surface area contributed by atoms with E-state index < -0.39 is 45.5 Å². The van der Waals surface area contributed by atoms with E-state index in [9.17, 15) is 33.0 Å². The largest absolute Gasteiger partial charge is 0.467 e. The first-order chi connectivity index (χ1) is 47.1. The Balaban J connectivity index is 0.000000163. The molecule has 0 radical (unpaired) electrons. The van der Waals surface area contributed by atoms with Gasteiger partial charge in [0.05, 0.1) is 83.4 Å². The maximum Gasteiger partial charge on any atom is 0.416 e. The predicted octanol–water partition coefficient (Wildman–Crippen LogP) is 11.7. The molecule has 0 aliphatic rings. The topological polar surface area (TPSA) is 361 Å². The average Bonchev–Trinajstić information content (AvgIpc) is 0.849. The number of ether oxygens (including phenoxy) is 2. The molecule has 7 N–H and O–H groups in total. The molecular formula is C70H74ClF3N20O6. The van der Waals surface area contributed by atoms with Gasteiger partial charge in [-0.1, -0.05) is 11.6 Å². The van der Waals surface area contributed by atoms with Gasteiger partial charge in [0.15, 0.2) is 23.3 Å². The van der Waals surface area contributed by atoms with Crippen molar-refractivity contribution in [2.24, 2.45) is 5.73 Å². The molecule has 0 fully saturated rings. The molecule has 0 saturated carbocycles. The van der Waals surface area contributed by atoms with E-state index in [1.165, 1.54) is 7.11 Å². The Hall–Kier alpha value is -11.1. The lowest BCUT2D eigenvalue weighted by Crippen LogP contribution is -2.57. The molecule has 0 aliphatic heterocycles. The first kappa shape index (κ1) is 74.6. The van der Waals surface area contributed by atoms with E-state index in [2.05, 4.69) is 106 Å². The van der Waals surface area contributed by atoms with Gasteiger partial charge in [-0.25, -0.2) is 49.5 Å². The second-order valence-corrected chi connectivity index (χ2v) is 25.4. The van der Waals surface area contributed by atoms with Crippen LogP contribution in [0.2, 0.25) is 5.15 Å². The SMILES string of the molecule is CC(C)(O)C(C)(C)Nc1nc(-c2ccncc2)nc2cnccc12.CC(C)(O)C(C)(C)Nc1nc(-c2ccncc2)nc2cnccc12.COC(=O)C(C)(C)Nc1nc(-c2ccncc2)nc2cnccc12.COC(=O)C(C)(N)C(F)(F)F.Clc1nc(-c2ccncc2)nc2cnccc12. The number of nitrogens with zero attached hydrogens (tertiary/aromatic N) is 16. The molecule has 26 nitrogen and oxygen atoms in total. The summed E-state index contributed by atoms with van der Waals surface area (Å²) in [5, 5.41) is 34.5. The summed E-state index contributed by atoms with van der Waals surface area (Å²) in [6, 6.07) is 22.1. The van der Waals surface area contributed by atoms with Gasteiger partial charge in [-0.3, -0.25) is 39.9 Å². The van der Waals surface area contributed by atoms with Crippen LogP contribution in [0.4, 0.5) is 30.6 Å². The molecule has 0 spiro atoms. The summed E-state index contributed by atoms with van der Waals surface area (Å²) in [6.45, 7) is 18.9. The van der Waals surface area contributed by atoms with E-state index in [1.807, 2.05) is 88.4 Å². The molecule has 1 atom stereocenters. The maximum atomic E-state index is 12.0. The molecule has 0 bridgehead atoms. The zero-order valence-electron chi connectivity index (χ0n) is 56.9. The van der Waals surface area contributed by atoms with Crippen molar-refractivity contribution < 1.29 is 42.4 Å². The fourth-order valence-corrected chi connectivity index (χ4v) is 8.76. The van der Waals surface area contributed by atoms with Gasteiger partial charge in [-0.05, 0) is 149 Å². The van der Waals surface area contributed by atoms with Crippen molar-refractivity contribution in [2.75, 3.05) is 30.2 Å². The number of nitrogens with one attached hydrogen (secondary N) is 3. The van der Waals surface area contributed by atoms with Crippen molar-refractivity contribution >= 4 is 84.6 Å². The molecule has 12 heterocycles. The molecule has 0 amide bonds. The van der Waals surface area contributed by atoms with Crippen LogP contribution in [0.3, 0.4) is 0 Å². The molecule has 1 unspecified atom stereocenters. The molecule has 518 valence electrons. The number of fused-ring (bicyclic) bond motifs is 4. The number of methoxy groups -OCH3 is 2. The van der Waals surface area contributed by atoms with Crippen LogP contribution in [0.25, 0.3) is 89.2 Å². The Morgan fingerprint density at radius 1 is 0.390 bits per heavy atom. The first-order valence-electron chi connectivity index (χ1n) is 30.7. The average molecular weight is 1380 g/mol. The molecule has 12 aromatic rings. The Kier molecular flexibility index (Phi) is 23.3. The lowest BCUT2D eigenvalue weighted by Gasteiger charge is -2.38. The number of carbonyl (C=O) groups is 2. The Morgan fingerprint density at radius 3 is 0.920 bits per heavy atom. The van der Waals surface area contributed by atoms with Crippen molar-refractivity contribution in [1.82, 2.24) is 79.7 Å². The highest BCUT2D eigenvalue weighted by Gasteiger charge is 2.55. The van der Waals surface area contributed by atoms with Crippen molar-refractivity contribution in [3.05, 3.63) is 177 Å². The fraction of sp³-hybridized carbons (Fsp3) is 0.286. The highest BCUT2D eigenvalue weighted by atomic mass is 35.5. The van der Waals surface area contributed by atoms with Gasteiger partial charge in [0.2, 0.25) is 5.54 Å². The number of aliphatic hydroxyl groups is 2. The van der Waals surface area contributed by atoms with Crippen LogP contribution in [-0.4, -0.2) is 156 Å². The van der Waals surface area contributed by atoms with Gasteiger partial charge in [0.25, 0.3) is 0 Å². The van der Waals surface area contributed by atoms with Crippen molar-refractivity contribution in [1.29, 1.82) is 0 Å². The minimum Gasteiger partial charge on any atom is -0.467 e. The van der Waals surface area contributed by atoms with Crippen LogP contribution in [0.1, 0.15) is 76.2 Å². The minimum atomic E-state index is -4.78. The third-order valence-corrected chi connectivity index (χ3v) is 16.2. The van der Waals surface area contributed by atoms with Gasteiger partial charge in [-0.15, -0.1) is 0 Å². The number of rotatable bonds is 14. The van der Waals surface area contributed by atoms with Crippen LogP contribution >= 0.6 is 11.6 Å². The van der Waals surface area contributed by atoms with E-state index in [4.69, 9.17) is 16.3 Å². The summed E-state index contributed by atoms with van der Waals surface area (Å²) < 4.78 is 44.2. The number of halogens is 4. The molecular weight excluding hydrogens is 1310 g/mol.